The van der Waals surface area contributed by atoms with Crippen molar-refractivity contribution in [3.63, 3.8) is 0 Å². The van der Waals surface area contributed by atoms with Crippen LogP contribution in [0.3, 0.4) is 0 Å². The molecule has 1 rings (SSSR count). The molecule has 0 aliphatic rings. The Hall–Kier alpha value is -1.95. The highest BCUT2D eigenvalue weighted by Crippen LogP contribution is 2.26. The van der Waals surface area contributed by atoms with Crippen molar-refractivity contribution in [1.29, 1.82) is 0 Å². The predicted octanol–water partition coefficient (Wildman–Crippen LogP) is 2.36. The van der Waals surface area contributed by atoms with Gasteiger partial charge in [-0.2, -0.15) is 0 Å². The third-order valence-corrected chi connectivity index (χ3v) is 3.06. The molecule has 22 heavy (non-hydrogen) atoms. The summed E-state index contributed by atoms with van der Waals surface area (Å²) < 4.78 is 10.4. The lowest BCUT2D eigenvalue weighted by molar-refractivity contribution is 0.0772. The van der Waals surface area contributed by atoms with Gasteiger partial charge in [0.25, 0.3) is 0 Å². The maximum absolute atomic E-state index is 11.9. The molecule has 1 aromatic carbocycles. The lowest BCUT2D eigenvalue weighted by atomic mass is 10.2. The van der Waals surface area contributed by atoms with Crippen LogP contribution in [-0.4, -0.2) is 49.5 Å². The zero-order chi connectivity index (χ0) is 16.5. The largest absolute Gasteiger partial charge is 0.504 e. The molecule has 124 valence electrons. The highest BCUT2D eigenvalue weighted by molar-refractivity contribution is 5.73. The van der Waals surface area contributed by atoms with Gasteiger partial charge < -0.3 is 24.8 Å². The van der Waals surface area contributed by atoms with E-state index < -0.39 is 0 Å². The van der Waals surface area contributed by atoms with Crippen molar-refractivity contribution in [3.05, 3.63) is 23.8 Å². The number of carbonyl (C=O) groups excluding carboxylic acids is 1. The molecule has 0 aliphatic carbocycles. The fraction of sp³-hybridized carbons (Fsp3) is 0.562. The third kappa shape index (κ3) is 6.22. The van der Waals surface area contributed by atoms with Gasteiger partial charge in [0.1, 0.15) is 0 Å². The van der Waals surface area contributed by atoms with E-state index in [1.54, 1.807) is 24.1 Å². The lowest BCUT2D eigenvalue weighted by Gasteiger charge is -2.18. The van der Waals surface area contributed by atoms with Gasteiger partial charge in [0, 0.05) is 26.7 Å². The third-order valence-electron chi connectivity index (χ3n) is 3.06. The number of urea groups is 1. The summed E-state index contributed by atoms with van der Waals surface area (Å²) in [7, 11) is 3.21. The van der Waals surface area contributed by atoms with Crippen LogP contribution in [0.15, 0.2) is 18.2 Å². The second kappa shape index (κ2) is 9.15. The molecule has 0 saturated carbocycles. The monoisotopic (exact) mass is 310 g/mol. The molecular weight excluding hydrogens is 284 g/mol. The number of phenolic OH excluding ortho intramolecular Hbond substituents is 1. The van der Waals surface area contributed by atoms with E-state index in [-0.39, 0.29) is 17.9 Å². The minimum Gasteiger partial charge on any atom is -0.504 e. The summed E-state index contributed by atoms with van der Waals surface area (Å²) in [5.41, 5.74) is 0.832. The number of aromatic hydroxyl groups is 1. The summed E-state index contributed by atoms with van der Waals surface area (Å²) in [6, 6.07) is 4.94. The number of benzene rings is 1. The number of amides is 2. The second-order valence-corrected chi connectivity index (χ2v) is 5.37. The summed E-state index contributed by atoms with van der Waals surface area (Å²) in [6.45, 7) is 5.58. The van der Waals surface area contributed by atoms with Gasteiger partial charge in [-0.25, -0.2) is 4.79 Å². The molecule has 0 bridgehead atoms. The molecule has 0 fully saturated rings. The van der Waals surface area contributed by atoms with Crippen LogP contribution in [0, 0.1) is 0 Å². The van der Waals surface area contributed by atoms with Gasteiger partial charge in [-0.1, -0.05) is 6.07 Å². The van der Waals surface area contributed by atoms with Crippen LogP contribution in [0.25, 0.3) is 0 Å². The first kappa shape index (κ1) is 18.1. The molecule has 0 spiro atoms. The highest BCUT2D eigenvalue weighted by atomic mass is 16.5. The minimum absolute atomic E-state index is 0.0691. The Morgan fingerprint density at radius 1 is 1.41 bits per heavy atom. The first-order valence-corrected chi connectivity index (χ1v) is 7.40. The summed E-state index contributed by atoms with van der Waals surface area (Å²) in [6.07, 6.45) is 0.988. The van der Waals surface area contributed by atoms with Gasteiger partial charge in [0.15, 0.2) is 11.5 Å². The van der Waals surface area contributed by atoms with Gasteiger partial charge >= 0.3 is 6.03 Å². The lowest BCUT2D eigenvalue weighted by Crippen LogP contribution is -2.37. The molecule has 1 aromatic rings. The highest BCUT2D eigenvalue weighted by Gasteiger charge is 2.10. The standard InChI is InChI=1S/C16H26N2O4/c1-12(2)22-9-5-8-17-16(20)18(3)11-13-6-7-15(21-4)14(19)10-13/h6-7,10,12,19H,5,8-9,11H2,1-4H3,(H,17,20). The first-order chi connectivity index (χ1) is 10.4. The molecule has 2 amide bonds. The van der Waals surface area contributed by atoms with E-state index in [1.807, 2.05) is 19.9 Å². The van der Waals surface area contributed by atoms with E-state index in [1.165, 1.54) is 7.11 Å². The molecule has 0 saturated heterocycles. The Morgan fingerprint density at radius 3 is 2.73 bits per heavy atom. The normalized spacial score (nSPS) is 10.6. The van der Waals surface area contributed by atoms with Crippen molar-refractivity contribution in [2.75, 3.05) is 27.3 Å². The Labute approximate surface area is 132 Å². The van der Waals surface area contributed by atoms with Gasteiger partial charge in [-0.05, 0) is 38.0 Å². The summed E-state index contributed by atoms with van der Waals surface area (Å²) in [4.78, 5) is 13.5. The Balaban J connectivity index is 2.36. The quantitative estimate of drug-likeness (QED) is 0.723. The number of hydrogen-bond acceptors (Lipinski definition) is 4. The molecule has 0 aromatic heterocycles. The molecule has 0 unspecified atom stereocenters. The van der Waals surface area contributed by atoms with Crippen LogP contribution < -0.4 is 10.1 Å². The first-order valence-electron chi connectivity index (χ1n) is 7.40. The Kier molecular flexibility index (Phi) is 7.52. The van der Waals surface area contributed by atoms with Crippen LogP contribution in [0.1, 0.15) is 25.8 Å². The number of rotatable bonds is 8. The molecule has 6 heteroatoms. The number of nitrogens with one attached hydrogen (secondary N) is 1. The van der Waals surface area contributed by atoms with Crippen molar-refractivity contribution in [1.82, 2.24) is 10.2 Å². The fourth-order valence-electron chi connectivity index (χ4n) is 1.90. The zero-order valence-electron chi connectivity index (χ0n) is 13.8. The van der Waals surface area contributed by atoms with Crippen molar-refractivity contribution in [2.24, 2.45) is 0 Å². The maximum Gasteiger partial charge on any atom is 0.317 e. The van der Waals surface area contributed by atoms with Crippen molar-refractivity contribution in [3.8, 4) is 11.5 Å². The number of phenols is 1. The predicted molar refractivity (Wildman–Crippen MR) is 85.2 cm³/mol. The van der Waals surface area contributed by atoms with E-state index in [2.05, 4.69) is 5.32 Å². The van der Waals surface area contributed by atoms with E-state index in [9.17, 15) is 9.90 Å². The second-order valence-electron chi connectivity index (χ2n) is 5.37. The van der Waals surface area contributed by atoms with Gasteiger partial charge in [-0.15, -0.1) is 0 Å². The van der Waals surface area contributed by atoms with Crippen LogP contribution in [0.4, 0.5) is 4.79 Å². The molecule has 2 N–H and O–H groups in total. The van der Waals surface area contributed by atoms with Crippen molar-refractivity contribution < 1.29 is 19.4 Å². The van der Waals surface area contributed by atoms with Crippen LogP contribution in [-0.2, 0) is 11.3 Å². The van der Waals surface area contributed by atoms with E-state index >= 15 is 0 Å². The topological polar surface area (TPSA) is 71.0 Å². The number of methoxy groups -OCH3 is 1. The van der Waals surface area contributed by atoms with Crippen LogP contribution in [0.2, 0.25) is 0 Å². The number of nitrogens with zero attached hydrogens (tertiary/aromatic N) is 1. The van der Waals surface area contributed by atoms with Gasteiger partial charge in [-0.3, -0.25) is 0 Å². The van der Waals surface area contributed by atoms with E-state index in [0.29, 0.717) is 25.4 Å². The zero-order valence-corrected chi connectivity index (χ0v) is 13.8. The van der Waals surface area contributed by atoms with Crippen LogP contribution in [0.5, 0.6) is 11.5 Å². The maximum atomic E-state index is 11.9. The molecule has 0 radical (unpaired) electrons. The Bertz CT molecular complexity index is 477. The SMILES string of the molecule is COc1ccc(CN(C)C(=O)NCCCOC(C)C)cc1O. The van der Waals surface area contributed by atoms with Crippen LogP contribution >= 0.6 is 0 Å². The van der Waals surface area contributed by atoms with Crippen molar-refractivity contribution in [2.45, 2.75) is 32.9 Å². The summed E-state index contributed by atoms with van der Waals surface area (Å²) in [5.74, 6) is 0.487. The number of hydrogen-bond donors (Lipinski definition) is 2. The number of ether oxygens (including phenoxy) is 2. The van der Waals surface area contributed by atoms with Gasteiger partial charge in [0.2, 0.25) is 0 Å². The molecule has 6 nitrogen and oxygen atoms in total. The van der Waals surface area contributed by atoms with Gasteiger partial charge in [0.05, 0.1) is 13.2 Å². The average Bonchev–Trinajstić information content (AvgIpc) is 2.46. The molecule has 0 aliphatic heterocycles. The minimum atomic E-state index is -0.153. The summed E-state index contributed by atoms with van der Waals surface area (Å²) >= 11 is 0. The van der Waals surface area contributed by atoms with Crippen molar-refractivity contribution >= 4 is 6.03 Å². The molecule has 0 atom stereocenters. The van der Waals surface area contributed by atoms with E-state index in [4.69, 9.17) is 9.47 Å². The summed E-state index contributed by atoms with van der Waals surface area (Å²) in [5, 5.41) is 12.6. The van der Waals surface area contributed by atoms with E-state index in [0.717, 1.165) is 12.0 Å². The molecule has 0 heterocycles. The molecular formula is C16H26N2O4. The number of carbonyl (C=O) groups is 1. The Morgan fingerprint density at radius 2 is 2.14 bits per heavy atom. The average molecular weight is 310 g/mol. The smallest absolute Gasteiger partial charge is 0.317 e. The fourth-order valence-corrected chi connectivity index (χ4v) is 1.90.